The van der Waals surface area contributed by atoms with E-state index in [0.29, 0.717) is 5.56 Å². The second-order valence-corrected chi connectivity index (χ2v) is 4.73. The highest BCUT2D eigenvalue weighted by Gasteiger charge is 2.14. The monoisotopic (exact) mass is 288 g/mol. The van der Waals surface area contributed by atoms with Gasteiger partial charge in [0, 0.05) is 13.6 Å². The van der Waals surface area contributed by atoms with Gasteiger partial charge < -0.3 is 10.0 Å². The zero-order valence-electron chi connectivity index (χ0n) is 11.4. The molecule has 0 heterocycles. The van der Waals surface area contributed by atoms with E-state index in [1.165, 1.54) is 36.4 Å². The van der Waals surface area contributed by atoms with Crippen molar-refractivity contribution in [1.82, 2.24) is 0 Å². The molecule has 0 aliphatic rings. The number of aliphatic hydroxyl groups excluding tert-OH is 1. The van der Waals surface area contributed by atoms with Crippen molar-refractivity contribution in [2.24, 2.45) is 0 Å². The van der Waals surface area contributed by atoms with Crippen LogP contribution in [0.3, 0.4) is 0 Å². The summed E-state index contributed by atoms with van der Waals surface area (Å²) in [6.45, 7) is 0.147. The number of benzene rings is 2. The van der Waals surface area contributed by atoms with Crippen LogP contribution < -0.4 is 4.90 Å². The van der Waals surface area contributed by atoms with Crippen LogP contribution >= 0.6 is 0 Å². The minimum atomic E-state index is -0.870. The summed E-state index contributed by atoms with van der Waals surface area (Å²) >= 11 is 0. The summed E-state index contributed by atoms with van der Waals surface area (Å²) < 4.78 is 26.7. The number of rotatable bonds is 4. The van der Waals surface area contributed by atoms with Gasteiger partial charge in [0.15, 0.2) is 0 Å². The quantitative estimate of drug-likeness (QED) is 0.940. The van der Waals surface area contributed by atoms with Gasteiger partial charge in [0.25, 0.3) is 0 Å². The number of nitrogens with zero attached hydrogens (tertiary/aromatic N) is 2. The Morgan fingerprint density at radius 1 is 1.19 bits per heavy atom. The maximum Gasteiger partial charge on any atom is 0.147 e. The van der Waals surface area contributed by atoms with Gasteiger partial charge in [-0.2, -0.15) is 5.26 Å². The van der Waals surface area contributed by atoms with Crippen LogP contribution in [0.15, 0.2) is 42.5 Å². The van der Waals surface area contributed by atoms with Gasteiger partial charge in [-0.25, -0.2) is 8.78 Å². The molecule has 0 saturated carbocycles. The summed E-state index contributed by atoms with van der Waals surface area (Å²) in [5.41, 5.74) is 1.08. The maximum atomic E-state index is 13.9. The Kier molecular flexibility index (Phi) is 4.51. The molecule has 108 valence electrons. The lowest BCUT2D eigenvalue weighted by molar-refractivity contribution is 0.184. The summed E-state index contributed by atoms with van der Waals surface area (Å²) in [5.74, 6) is -0.903. The zero-order chi connectivity index (χ0) is 15.4. The first-order valence-electron chi connectivity index (χ1n) is 6.35. The van der Waals surface area contributed by atoms with Crippen LogP contribution in [0.25, 0.3) is 0 Å². The maximum absolute atomic E-state index is 13.9. The molecule has 0 aliphatic heterocycles. The molecule has 0 bridgehead atoms. The molecule has 0 spiro atoms. The third kappa shape index (κ3) is 3.56. The van der Waals surface area contributed by atoms with Gasteiger partial charge in [-0.3, -0.25) is 0 Å². The summed E-state index contributed by atoms with van der Waals surface area (Å²) in [7, 11) is 1.64. The first kappa shape index (κ1) is 14.9. The average molecular weight is 288 g/mol. The Morgan fingerprint density at radius 3 is 2.43 bits per heavy atom. The van der Waals surface area contributed by atoms with Crippen molar-refractivity contribution in [3.63, 3.8) is 0 Å². The van der Waals surface area contributed by atoms with Crippen LogP contribution in [0, 0.1) is 23.0 Å². The predicted molar refractivity (Wildman–Crippen MR) is 75.7 cm³/mol. The lowest BCUT2D eigenvalue weighted by atomic mass is 10.1. The Hall–Kier alpha value is -2.45. The van der Waals surface area contributed by atoms with Crippen molar-refractivity contribution >= 4 is 5.69 Å². The second kappa shape index (κ2) is 6.33. The van der Waals surface area contributed by atoms with E-state index in [-0.39, 0.29) is 23.6 Å². The minimum Gasteiger partial charge on any atom is -0.387 e. The van der Waals surface area contributed by atoms with E-state index in [9.17, 15) is 13.9 Å². The van der Waals surface area contributed by atoms with Crippen LogP contribution in [-0.4, -0.2) is 18.7 Å². The molecule has 0 aromatic heterocycles. The van der Waals surface area contributed by atoms with Crippen molar-refractivity contribution in [2.45, 2.75) is 6.10 Å². The SMILES string of the molecule is CN(CC(O)c1ccc(F)cc1)c1ccc(C#N)cc1F. The van der Waals surface area contributed by atoms with E-state index in [1.807, 2.05) is 6.07 Å². The molecule has 2 rings (SSSR count). The molecule has 21 heavy (non-hydrogen) atoms. The van der Waals surface area contributed by atoms with Crippen LogP contribution in [0.2, 0.25) is 0 Å². The molecular formula is C16H14F2N2O. The molecule has 1 unspecified atom stereocenters. The number of hydrogen-bond acceptors (Lipinski definition) is 3. The number of halogens is 2. The van der Waals surface area contributed by atoms with E-state index >= 15 is 0 Å². The number of anilines is 1. The molecule has 0 amide bonds. The zero-order valence-corrected chi connectivity index (χ0v) is 11.4. The molecule has 2 aromatic carbocycles. The van der Waals surface area contributed by atoms with Crippen molar-refractivity contribution in [1.29, 1.82) is 5.26 Å². The standard InChI is InChI=1S/C16H14F2N2O/c1-20(15-7-2-11(9-19)8-14(15)18)10-16(21)12-3-5-13(17)6-4-12/h2-8,16,21H,10H2,1H3. The van der Waals surface area contributed by atoms with Crippen molar-refractivity contribution in [2.75, 3.05) is 18.5 Å². The topological polar surface area (TPSA) is 47.3 Å². The van der Waals surface area contributed by atoms with Gasteiger partial charge in [-0.15, -0.1) is 0 Å². The first-order chi connectivity index (χ1) is 10.0. The highest BCUT2D eigenvalue weighted by molar-refractivity contribution is 5.50. The van der Waals surface area contributed by atoms with Crippen LogP contribution in [0.1, 0.15) is 17.2 Å². The van der Waals surface area contributed by atoms with Gasteiger partial charge in [-0.05, 0) is 35.9 Å². The van der Waals surface area contributed by atoms with Crippen LogP contribution in [0.5, 0.6) is 0 Å². The molecule has 0 aliphatic carbocycles. The molecule has 3 nitrogen and oxygen atoms in total. The molecule has 0 radical (unpaired) electrons. The fourth-order valence-electron chi connectivity index (χ4n) is 2.03. The number of nitriles is 1. The van der Waals surface area contributed by atoms with Crippen molar-refractivity contribution in [3.8, 4) is 6.07 Å². The van der Waals surface area contributed by atoms with Gasteiger partial charge in [-0.1, -0.05) is 12.1 Å². The number of hydrogen-bond donors (Lipinski definition) is 1. The van der Waals surface area contributed by atoms with E-state index < -0.39 is 11.9 Å². The molecular weight excluding hydrogens is 274 g/mol. The predicted octanol–water partition coefficient (Wildman–Crippen LogP) is 3.01. The number of likely N-dealkylation sites (N-methyl/N-ethyl adjacent to an activating group) is 1. The van der Waals surface area contributed by atoms with Gasteiger partial charge in [0.05, 0.1) is 23.4 Å². The smallest absolute Gasteiger partial charge is 0.147 e. The summed E-state index contributed by atoms with van der Waals surface area (Å²) in [6, 6.07) is 11.5. The molecule has 0 saturated heterocycles. The lowest BCUT2D eigenvalue weighted by Crippen LogP contribution is -2.25. The average Bonchev–Trinajstić information content (AvgIpc) is 2.47. The normalized spacial score (nSPS) is 11.8. The third-order valence-corrected chi connectivity index (χ3v) is 3.19. The molecule has 2 aromatic rings. The summed E-state index contributed by atoms with van der Waals surface area (Å²) in [5, 5.41) is 18.8. The Bertz CT molecular complexity index is 665. The molecule has 1 N–H and O–H groups in total. The fraction of sp³-hybridized carbons (Fsp3) is 0.188. The van der Waals surface area contributed by atoms with E-state index in [1.54, 1.807) is 11.9 Å². The summed E-state index contributed by atoms with van der Waals surface area (Å²) in [6.07, 6.45) is -0.870. The van der Waals surface area contributed by atoms with Crippen LogP contribution in [-0.2, 0) is 0 Å². The van der Waals surface area contributed by atoms with E-state index in [4.69, 9.17) is 5.26 Å². The van der Waals surface area contributed by atoms with E-state index in [0.717, 1.165) is 6.07 Å². The number of aliphatic hydroxyl groups is 1. The van der Waals surface area contributed by atoms with Crippen LogP contribution in [0.4, 0.5) is 14.5 Å². The minimum absolute atomic E-state index is 0.147. The fourth-order valence-corrected chi connectivity index (χ4v) is 2.03. The molecule has 0 fully saturated rings. The highest BCUT2D eigenvalue weighted by atomic mass is 19.1. The highest BCUT2D eigenvalue weighted by Crippen LogP contribution is 2.22. The lowest BCUT2D eigenvalue weighted by Gasteiger charge is -2.23. The van der Waals surface area contributed by atoms with Crippen molar-refractivity contribution in [3.05, 3.63) is 65.2 Å². The Labute approximate surface area is 121 Å². The second-order valence-electron chi connectivity index (χ2n) is 4.73. The Balaban J connectivity index is 2.12. The molecule has 5 heteroatoms. The summed E-state index contributed by atoms with van der Waals surface area (Å²) in [4.78, 5) is 1.55. The van der Waals surface area contributed by atoms with Gasteiger partial charge in [0.1, 0.15) is 11.6 Å². The molecule has 1 atom stereocenters. The van der Waals surface area contributed by atoms with Gasteiger partial charge >= 0.3 is 0 Å². The Morgan fingerprint density at radius 2 is 1.86 bits per heavy atom. The van der Waals surface area contributed by atoms with E-state index in [2.05, 4.69) is 0 Å². The van der Waals surface area contributed by atoms with Gasteiger partial charge in [0.2, 0.25) is 0 Å². The van der Waals surface area contributed by atoms with Crippen molar-refractivity contribution < 1.29 is 13.9 Å². The largest absolute Gasteiger partial charge is 0.387 e. The first-order valence-corrected chi connectivity index (χ1v) is 6.35. The third-order valence-electron chi connectivity index (χ3n) is 3.19.